The van der Waals surface area contributed by atoms with Crippen LogP contribution in [-0.4, -0.2) is 138 Å². The zero-order valence-corrected chi connectivity index (χ0v) is 45.8. The molecule has 0 heterocycles. The van der Waals surface area contributed by atoms with Gasteiger partial charge in [0.2, 0.25) is 0 Å². The summed E-state index contributed by atoms with van der Waals surface area (Å²) in [6.45, 7) is 27.0. The monoisotopic (exact) mass is 939 g/mol. The summed E-state index contributed by atoms with van der Waals surface area (Å²) in [6.07, 6.45) is 11.6. The minimum atomic E-state index is -0.0969. The lowest BCUT2D eigenvalue weighted by molar-refractivity contribution is -0.949. The number of nitrogens with zero attached hydrogens (tertiary/aromatic N) is 4. The first-order valence-corrected chi connectivity index (χ1v) is 26.9. The SMILES string of the molecule is C=C(C)C1CC[C@]2(COC(=O)C[N+](C)(C)CC[N+](C)(C)Cc3ccccc3)CC[C@]3(C)C(CCC4[C@@]5(C)CC[C@H](OC(=O)C[N+](C)(C)CC[N+](C)(C)Cc6ccccc6)C(C)(C)C5CC[C@]43C)C12. The number of hydrogen-bond donors (Lipinski definition) is 0. The normalized spacial score (nSPS) is 33.6. The van der Waals surface area contributed by atoms with Gasteiger partial charge < -0.3 is 27.4 Å². The van der Waals surface area contributed by atoms with E-state index in [2.05, 4.69) is 165 Å². The predicted octanol–water partition coefficient (Wildman–Crippen LogP) is 10.8. The Kier molecular flexibility index (Phi) is 14.9. The van der Waals surface area contributed by atoms with Crippen molar-refractivity contribution in [2.24, 2.45) is 56.7 Å². The fraction of sp³-hybridized carbons (Fsp3) is 0.733. The third-order valence-electron chi connectivity index (χ3n) is 20.6. The Bertz CT molecular complexity index is 2100. The van der Waals surface area contributed by atoms with E-state index >= 15 is 0 Å². The van der Waals surface area contributed by atoms with Gasteiger partial charge in [-0.1, -0.05) is 107 Å². The van der Waals surface area contributed by atoms with Gasteiger partial charge >= 0.3 is 11.9 Å². The van der Waals surface area contributed by atoms with E-state index in [1.165, 1.54) is 48.8 Å². The van der Waals surface area contributed by atoms with Crippen molar-refractivity contribution in [2.45, 2.75) is 125 Å². The Morgan fingerprint density at radius 2 is 1.12 bits per heavy atom. The number of hydrogen-bond acceptors (Lipinski definition) is 4. The molecule has 68 heavy (non-hydrogen) atoms. The summed E-state index contributed by atoms with van der Waals surface area (Å²) in [7, 11) is 17.9. The van der Waals surface area contributed by atoms with Crippen LogP contribution in [-0.2, 0) is 32.2 Å². The molecule has 2 aromatic rings. The number of fused-ring (bicyclic) bond motifs is 7. The van der Waals surface area contributed by atoms with Crippen molar-refractivity contribution in [3.63, 3.8) is 0 Å². The number of benzene rings is 2. The Morgan fingerprint density at radius 3 is 1.66 bits per heavy atom. The fourth-order valence-corrected chi connectivity index (χ4v) is 16.4. The second-order valence-electron chi connectivity index (χ2n) is 27.8. The number of esters is 2. The van der Waals surface area contributed by atoms with Gasteiger partial charge in [0, 0.05) is 22.0 Å². The van der Waals surface area contributed by atoms with Gasteiger partial charge in [-0.3, -0.25) is 0 Å². The van der Waals surface area contributed by atoms with Crippen molar-refractivity contribution in [1.82, 2.24) is 0 Å². The minimum Gasteiger partial charge on any atom is -0.461 e. The standard InChI is InChI=1S/C60H98N4O4/c1-45(2)48-28-33-60(44-67-53(65)42-63(12,13)38-36-61(8,9)40-46-22-18-16-19-23-46)35-34-58(6)49(55(48)60)26-27-51-57(5)31-30-52(56(3,4)50(57)29-32-59(51,58)7)68-54(66)43-64(14,15)39-37-62(10,11)41-47-24-20-17-21-25-47/h16-25,48-52,55H,1,26-44H2,2-15H3/q+4/t48?,49?,50?,51?,52-,55?,57-,58+,59+,60+/m0/s1. The highest BCUT2D eigenvalue weighted by Crippen LogP contribution is 2.77. The van der Waals surface area contributed by atoms with E-state index < -0.39 is 0 Å². The van der Waals surface area contributed by atoms with Gasteiger partial charge in [-0.05, 0) is 117 Å². The molecule has 0 saturated heterocycles. The summed E-state index contributed by atoms with van der Waals surface area (Å²) in [5, 5.41) is 0. The molecule has 5 saturated carbocycles. The summed E-state index contributed by atoms with van der Waals surface area (Å²) in [6, 6.07) is 21.5. The smallest absolute Gasteiger partial charge is 0.362 e. The van der Waals surface area contributed by atoms with Crippen molar-refractivity contribution in [3.8, 4) is 0 Å². The molecule has 5 aliphatic rings. The van der Waals surface area contributed by atoms with Gasteiger partial charge in [-0.15, -0.1) is 0 Å². The van der Waals surface area contributed by atoms with Crippen molar-refractivity contribution in [3.05, 3.63) is 83.9 Å². The van der Waals surface area contributed by atoms with Gasteiger partial charge in [0.05, 0.1) is 63.0 Å². The van der Waals surface area contributed by atoms with Crippen LogP contribution in [0.1, 0.15) is 117 Å². The molecule has 5 fully saturated rings. The second kappa shape index (κ2) is 19.2. The average Bonchev–Trinajstić information content (AvgIpc) is 3.64. The Morgan fingerprint density at radius 1 is 0.588 bits per heavy atom. The minimum absolute atomic E-state index is 0.0220. The maximum absolute atomic E-state index is 13.9. The highest BCUT2D eigenvalue weighted by Gasteiger charge is 2.71. The first-order valence-electron chi connectivity index (χ1n) is 26.9. The summed E-state index contributed by atoms with van der Waals surface area (Å²) in [5.74, 6) is 2.62. The number of carbonyl (C=O) groups excluding carboxylic acids is 2. The van der Waals surface area contributed by atoms with Crippen LogP contribution in [0.2, 0.25) is 0 Å². The topological polar surface area (TPSA) is 52.6 Å². The highest BCUT2D eigenvalue weighted by molar-refractivity contribution is 5.71. The molecule has 5 unspecified atom stereocenters. The molecule has 0 aromatic heterocycles. The van der Waals surface area contributed by atoms with Crippen molar-refractivity contribution in [1.29, 1.82) is 0 Å². The van der Waals surface area contributed by atoms with Crippen LogP contribution in [0.15, 0.2) is 72.8 Å². The molecule has 0 N–H and O–H groups in total. The number of rotatable bonds is 18. The lowest BCUT2D eigenvalue weighted by Gasteiger charge is -2.73. The van der Waals surface area contributed by atoms with Gasteiger partial charge in [-0.2, -0.15) is 0 Å². The zero-order chi connectivity index (χ0) is 49.8. The molecule has 8 heteroatoms. The van der Waals surface area contributed by atoms with Crippen molar-refractivity contribution < 1.29 is 37.0 Å². The van der Waals surface area contributed by atoms with Crippen LogP contribution in [0.3, 0.4) is 0 Å². The molecule has 8 nitrogen and oxygen atoms in total. The van der Waals surface area contributed by atoms with E-state index in [1.807, 2.05) is 0 Å². The Balaban J connectivity index is 0.985. The van der Waals surface area contributed by atoms with Crippen LogP contribution >= 0.6 is 0 Å². The molecular formula is C60H98N4O4+4. The van der Waals surface area contributed by atoms with E-state index in [0.29, 0.717) is 58.3 Å². The van der Waals surface area contributed by atoms with E-state index in [-0.39, 0.29) is 45.1 Å². The van der Waals surface area contributed by atoms with Crippen LogP contribution in [0.4, 0.5) is 0 Å². The van der Waals surface area contributed by atoms with Crippen LogP contribution in [0.5, 0.6) is 0 Å². The molecule has 0 amide bonds. The third-order valence-corrected chi connectivity index (χ3v) is 20.6. The molecule has 0 aliphatic heterocycles. The predicted molar refractivity (Wildman–Crippen MR) is 278 cm³/mol. The quantitative estimate of drug-likeness (QED) is 0.0849. The number of quaternary nitrogens is 4. The average molecular weight is 939 g/mol. The molecule has 7 rings (SSSR count). The molecule has 378 valence electrons. The summed E-state index contributed by atoms with van der Waals surface area (Å²) in [5.41, 5.74) is 4.56. The van der Waals surface area contributed by atoms with E-state index in [9.17, 15) is 9.59 Å². The summed E-state index contributed by atoms with van der Waals surface area (Å²) in [4.78, 5) is 27.8. The molecule has 0 bridgehead atoms. The summed E-state index contributed by atoms with van der Waals surface area (Å²) < 4.78 is 16.2. The van der Waals surface area contributed by atoms with Gasteiger partial charge in [0.1, 0.15) is 45.4 Å². The lowest BCUT2D eigenvalue weighted by Crippen LogP contribution is -2.67. The van der Waals surface area contributed by atoms with E-state index in [1.54, 1.807) is 0 Å². The molecule has 10 atom stereocenters. The summed E-state index contributed by atoms with van der Waals surface area (Å²) >= 11 is 0. The lowest BCUT2D eigenvalue weighted by atomic mass is 9.32. The molecule has 5 aliphatic carbocycles. The number of likely N-dealkylation sites (N-methyl/N-ethyl adjacent to an activating group) is 4. The first kappa shape index (κ1) is 52.8. The van der Waals surface area contributed by atoms with Crippen molar-refractivity contribution in [2.75, 3.05) is 102 Å². The largest absolute Gasteiger partial charge is 0.461 e. The molecule has 0 spiro atoms. The number of carbonyl (C=O) groups is 2. The fourth-order valence-electron chi connectivity index (χ4n) is 16.4. The second-order valence-corrected chi connectivity index (χ2v) is 27.8. The molecular weight excluding hydrogens is 841 g/mol. The first-order chi connectivity index (χ1) is 31.6. The molecule has 0 radical (unpaired) electrons. The number of allylic oxidation sites excluding steroid dienone is 1. The Labute approximate surface area is 415 Å². The van der Waals surface area contributed by atoms with E-state index in [0.717, 1.165) is 80.3 Å². The highest BCUT2D eigenvalue weighted by atomic mass is 16.5. The number of ether oxygens (including phenoxy) is 2. The van der Waals surface area contributed by atoms with Gasteiger partial charge in [-0.25, -0.2) is 9.59 Å². The zero-order valence-electron chi connectivity index (χ0n) is 45.8. The van der Waals surface area contributed by atoms with Crippen LogP contribution < -0.4 is 0 Å². The van der Waals surface area contributed by atoms with Gasteiger partial charge in [0.25, 0.3) is 0 Å². The van der Waals surface area contributed by atoms with Crippen molar-refractivity contribution >= 4 is 11.9 Å². The maximum atomic E-state index is 13.9. The van der Waals surface area contributed by atoms with Crippen LogP contribution in [0.25, 0.3) is 0 Å². The van der Waals surface area contributed by atoms with Crippen LogP contribution in [0, 0.1) is 56.7 Å². The Hall–Kier alpha value is -3.04. The molecule has 2 aromatic carbocycles. The van der Waals surface area contributed by atoms with Gasteiger partial charge in [0.15, 0.2) is 13.1 Å². The maximum Gasteiger partial charge on any atom is 0.362 e. The van der Waals surface area contributed by atoms with E-state index in [4.69, 9.17) is 9.47 Å². The third kappa shape index (κ3) is 10.7.